The lowest BCUT2D eigenvalue weighted by Gasteiger charge is -2.37. The Hall–Kier alpha value is -2.57. The van der Waals surface area contributed by atoms with Gasteiger partial charge in [-0.15, -0.1) is 0 Å². The van der Waals surface area contributed by atoms with Crippen LogP contribution < -0.4 is 5.32 Å². The third-order valence-corrected chi connectivity index (χ3v) is 7.47. The Labute approximate surface area is 208 Å². The number of carbonyl (C=O) groups is 2. The number of benzene rings is 2. The number of halogens is 2. The molecule has 1 N–H and O–H groups in total. The van der Waals surface area contributed by atoms with Crippen LogP contribution >= 0.6 is 23.4 Å². The molecule has 0 spiro atoms. The van der Waals surface area contributed by atoms with Crippen LogP contribution in [0, 0.1) is 5.82 Å². The molecule has 0 aromatic heterocycles. The largest absolute Gasteiger partial charge is 0.461 e. The van der Waals surface area contributed by atoms with Crippen LogP contribution in [-0.2, 0) is 14.3 Å². The first-order chi connectivity index (χ1) is 16.4. The van der Waals surface area contributed by atoms with Crippen molar-refractivity contribution in [1.82, 2.24) is 5.32 Å². The molecule has 0 fully saturated rings. The second-order valence-corrected chi connectivity index (χ2v) is 10.2. The van der Waals surface area contributed by atoms with Gasteiger partial charge in [0, 0.05) is 40.1 Å². The average Bonchev–Trinajstić information content (AvgIpc) is 2.81. The van der Waals surface area contributed by atoms with E-state index < -0.39 is 11.9 Å². The number of hydrogen-bond donors (Lipinski definition) is 1. The minimum absolute atomic E-state index is 0.0488. The highest BCUT2D eigenvalue weighted by Crippen LogP contribution is 2.46. The van der Waals surface area contributed by atoms with Gasteiger partial charge in [-0.2, -0.15) is 11.8 Å². The first-order valence-electron chi connectivity index (χ1n) is 11.4. The van der Waals surface area contributed by atoms with Gasteiger partial charge in [0.05, 0.1) is 5.57 Å². The van der Waals surface area contributed by atoms with E-state index in [2.05, 4.69) is 5.32 Å². The molecule has 7 heteroatoms. The highest BCUT2D eigenvalue weighted by atomic mass is 35.5. The van der Waals surface area contributed by atoms with Crippen LogP contribution in [0.5, 0.6) is 0 Å². The van der Waals surface area contributed by atoms with E-state index in [-0.39, 0.29) is 23.9 Å². The van der Waals surface area contributed by atoms with Crippen LogP contribution in [0.4, 0.5) is 4.39 Å². The van der Waals surface area contributed by atoms with Crippen LogP contribution in [0.15, 0.2) is 71.1 Å². The van der Waals surface area contributed by atoms with E-state index in [1.807, 2.05) is 38.1 Å². The average molecular weight is 500 g/mol. The highest BCUT2D eigenvalue weighted by molar-refractivity contribution is 7.99. The number of hydrogen-bond acceptors (Lipinski definition) is 5. The quantitative estimate of drug-likeness (QED) is 0.366. The van der Waals surface area contributed by atoms with Gasteiger partial charge in [0.15, 0.2) is 5.78 Å². The lowest BCUT2D eigenvalue weighted by atomic mass is 9.71. The van der Waals surface area contributed by atoms with Gasteiger partial charge in [0.2, 0.25) is 0 Å². The van der Waals surface area contributed by atoms with Gasteiger partial charge in [-0.05, 0) is 54.3 Å². The van der Waals surface area contributed by atoms with E-state index >= 15 is 0 Å². The van der Waals surface area contributed by atoms with E-state index in [1.165, 1.54) is 12.1 Å². The zero-order valence-corrected chi connectivity index (χ0v) is 20.8. The molecule has 0 amide bonds. The predicted molar refractivity (Wildman–Crippen MR) is 134 cm³/mol. The van der Waals surface area contributed by atoms with E-state index in [0.29, 0.717) is 46.2 Å². The fraction of sp³-hybridized carbons (Fsp3) is 0.333. The number of dihydropyridines is 1. The highest BCUT2D eigenvalue weighted by Gasteiger charge is 2.41. The second kappa shape index (κ2) is 10.8. The molecule has 0 unspecified atom stereocenters. The lowest BCUT2D eigenvalue weighted by molar-refractivity contribution is -0.138. The molecule has 4 rings (SSSR count). The monoisotopic (exact) mass is 499 g/mol. The number of thioether (sulfide) groups is 1. The second-order valence-electron chi connectivity index (χ2n) is 8.42. The van der Waals surface area contributed by atoms with Gasteiger partial charge in [0.25, 0.3) is 0 Å². The van der Waals surface area contributed by atoms with Crippen LogP contribution in [0.3, 0.4) is 0 Å². The summed E-state index contributed by atoms with van der Waals surface area (Å²) in [5.74, 6) is 0.0981. The Morgan fingerprint density at radius 1 is 1.18 bits per heavy atom. The lowest BCUT2D eigenvalue weighted by Crippen LogP contribution is -2.36. The number of ether oxygens (including phenoxy) is 1. The van der Waals surface area contributed by atoms with Crippen molar-refractivity contribution < 1.29 is 18.7 Å². The zero-order valence-electron chi connectivity index (χ0n) is 19.2. The van der Waals surface area contributed by atoms with E-state index in [0.717, 1.165) is 17.0 Å². The number of ketones is 1. The summed E-state index contributed by atoms with van der Waals surface area (Å²) in [6, 6.07) is 13.5. The summed E-state index contributed by atoms with van der Waals surface area (Å²) in [6.07, 6.45) is 0.881. The first kappa shape index (κ1) is 24.6. The Bertz CT molecular complexity index is 1160. The fourth-order valence-electron chi connectivity index (χ4n) is 4.74. The van der Waals surface area contributed by atoms with Crippen LogP contribution in [0.1, 0.15) is 49.7 Å². The third-order valence-electron chi connectivity index (χ3n) is 6.26. The number of esters is 1. The van der Waals surface area contributed by atoms with Gasteiger partial charge >= 0.3 is 5.97 Å². The molecule has 2 atom stereocenters. The van der Waals surface area contributed by atoms with Crippen LogP contribution in [0.25, 0.3) is 0 Å². The molecular formula is C27H27ClFNO3S. The summed E-state index contributed by atoms with van der Waals surface area (Å²) < 4.78 is 19.3. The maximum Gasteiger partial charge on any atom is 0.336 e. The molecule has 178 valence electrons. The molecule has 1 heterocycles. The molecule has 1 aliphatic carbocycles. The van der Waals surface area contributed by atoms with Gasteiger partial charge in [-0.1, -0.05) is 48.9 Å². The molecule has 0 saturated heterocycles. The minimum Gasteiger partial charge on any atom is -0.461 e. The maximum absolute atomic E-state index is 13.7. The summed E-state index contributed by atoms with van der Waals surface area (Å²) in [5, 5.41) is 3.96. The van der Waals surface area contributed by atoms with Gasteiger partial charge < -0.3 is 10.1 Å². The third kappa shape index (κ3) is 5.08. The van der Waals surface area contributed by atoms with Crippen LogP contribution in [-0.4, -0.2) is 29.9 Å². The Balaban J connectivity index is 1.72. The molecule has 4 nitrogen and oxygen atoms in total. The molecule has 34 heavy (non-hydrogen) atoms. The summed E-state index contributed by atoms with van der Waals surface area (Å²) in [4.78, 5) is 26.7. The topological polar surface area (TPSA) is 55.4 Å². The zero-order chi connectivity index (χ0) is 24.2. The molecule has 2 aliphatic rings. The smallest absolute Gasteiger partial charge is 0.336 e. The number of allylic oxidation sites excluding steroid dienone is 3. The number of Topliss-reactive ketones (excluding diaryl/α,β-unsaturated/α-hetero) is 1. The number of nitrogens with one attached hydrogen (secondary N) is 1. The van der Waals surface area contributed by atoms with E-state index in [4.69, 9.17) is 16.3 Å². The van der Waals surface area contributed by atoms with Gasteiger partial charge in [0.1, 0.15) is 12.4 Å². The molecule has 0 radical (unpaired) electrons. The van der Waals surface area contributed by atoms with Gasteiger partial charge in [-0.25, -0.2) is 9.18 Å². The summed E-state index contributed by atoms with van der Waals surface area (Å²) in [5.41, 5.74) is 4.00. The fourth-order valence-corrected chi connectivity index (χ4v) is 5.52. The van der Waals surface area contributed by atoms with Crippen LogP contribution in [0.2, 0.25) is 5.02 Å². The number of carbonyl (C=O) groups excluding carboxylic acids is 2. The maximum atomic E-state index is 13.7. The van der Waals surface area contributed by atoms with Crippen molar-refractivity contribution in [3.63, 3.8) is 0 Å². The van der Waals surface area contributed by atoms with Crippen molar-refractivity contribution in [3.8, 4) is 0 Å². The van der Waals surface area contributed by atoms with Crippen molar-refractivity contribution in [2.24, 2.45) is 0 Å². The van der Waals surface area contributed by atoms with E-state index in [1.54, 1.807) is 23.9 Å². The predicted octanol–water partition coefficient (Wildman–Crippen LogP) is 6.14. The van der Waals surface area contributed by atoms with Crippen molar-refractivity contribution in [3.05, 3.63) is 93.0 Å². The molecule has 1 aliphatic heterocycles. The normalized spacial score (nSPS) is 20.2. The molecule has 0 saturated carbocycles. The summed E-state index contributed by atoms with van der Waals surface area (Å²) in [7, 11) is 0. The molecule has 2 aromatic rings. The minimum atomic E-state index is -0.608. The summed E-state index contributed by atoms with van der Waals surface area (Å²) >= 11 is 8.12. The van der Waals surface area contributed by atoms with Crippen molar-refractivity contribution in [1.29, 1.82) is 0 Å². The summed E-state index contributed by atoms with van der Waals surface area (Å²) in [6.45, 7) is 4.16. The Morgan fingerprint density at radius 3 is 2.62 bits per heavy atom. The van der Waals surface area contributed by atoms with Crippen molar-refractivity contribution >= 4 is 35.1 Å². The SMILES string of the molecule is CCSCCOC(=O)C1=C(C)NC2=C(C(=O)C[C@@H](c3ccccc3Cl)C2)[C@@H]1c1ccc(F)cc1. The Kier molecular flexibility index (Phi) is 7.79. The van der Waals surface area contributed by atoms with E-state index in [9.17, 15) is 14.0 Å². The first-order valence-corrected chi connectivity index (χ1v) is 12.9. The van der Waals surface area contributed by atoms with Crippen molar-refractivity contribution in [2.75, 3.05) is 18.1 Å². The number of rotatable bonds is 7. The molecule has 0 bridgehead atoms. The van der Waals surface area contributed by atoms with Gasteiger partial charge in [-0.3, -0.25) is 4.79 Å². The Morgan fingerprint density at radius 2 is 1.91 bits per heavy atom. The van der Waals surface area contributed by atoms with Crippen molar-refractivity contribution in [2.45, 2.75) is 38.5 Å². The molecule has 2 aromatic carbocycles. The standard InChI is InChI=1S/C27H27ClFNO3S/c1-3-34-13-12-33-27(32)24-16(2)30-22-14-18(20-6-4-5-7-21(20)28)15-23(31)26(22)25(24)17-8-10-19(29)11-9-17/h4-11,18,25,30H,3,12-15H2,1-2H3/t18-,25+/m0/s1. The molecular weight excluding hydrogens is 473 g/mol.